The fraction of sp³-hybridized carbons (Fsp3) is 0.423. The van der Waals surface area contributed by atoms with Gasteiger partial charge in [-0.3, -0.25) is 4.68 Å². The van der Waals surface area contributed by atoms with Gasteiger partial charge < -0.3 is 0 Å². The highest BCUT2D eigenvalue weighted by Crippen LogP contribution is 2.50. The third kappa shape index (κ3) is 4.26. The predicted molar refractivity (Wildman–Crippen MR) is 130 cm³/mol. The highest BCUT2D eigenvalue weighted by Gasteiger charge is 2.60. The molecule has 1 saturated carbocycles. The Labute approximate surface area is 212 Å². The van der Waals surface area contributed by atoms with Gasteiger partial charge in [-0.2, -0.15) is 35.7 Å². The van der Waals surface area contributed by atoms with Crippen molar-refractivity contribution >= 4 is 10.2 Å². The summed E-state index contributed by atoms with van der Waals surface area (Å²) in [5.74, 6) is -0.479. The molecular weight excluding hydrogens is 508 g/mol. The van der Waals surface area contributed by atoms with Gasteiger partial charge in [0.2, 0.25) is 0 Å². The van der Waals surface area contributed by atoms with Gasteiger partial charge in [0, 0.05) is 19.2 Å². The molecule has 1 N–H and O–H groups in total. The Bertz CT molecular complexity index is 1470. The standard InChI is InChI=1S/C26H26F4N4O2S/c1-33-24(16-4-8-22(27)9-5-16)13-23(31-33)18-3-2-17-11-20-6-7-21(12-19(17)10-18)25(20)14-34(15-26(28,29)30)37(35,36)32-25/h2-5,8-10,13,20-21,32H,6-7,11-12,14-15H2,1H3/t20-,21-,25-/m1/s1. The maximum atomic E-state index is 13.4. The minimum absolute atomic E-state index is 0.0717. The number of benzene rings is 2. The molecular formula is C26H26F4N4O2S. The second-order valence-electron chi connectivity index (χ2n) is 10.4. The van der Waals surface area contributed by atoms with Crippen molar-refractivity contribution in [2.75, 3.05) is 13.1 Å². The van der Waals surface area contributed by atoms with Gasteiger partial charge in [-0.15, -0.1) is 0 Å². The first-order valence-electron chi connectivity index (χ1n) is 12.2. The van der Waals surface area contributed by atoms with Crippen molar-refractivity contribution < 1.29 is 26.0 Å². The average Bonchev–Trinajstić information content (AvgIpc) is 3.38. The molecule has 0 amide bonds. The molecule has 2 heterocycles. The molecule has 2 aliphatic carbocycles. The van der Waals surface area contributed by atoms with Crippen molar-refractivity contribution in [1.29, 1.82) is 0 Å². The Kier molecular flexibility index (Phi) is 5.56. The van der Waals surface area contributed by atoms with Gasteiger partial charge in [0.1, 0.15) is 12.4 Å². The van der Waals surface area contributed by atoms with Crippen LogP contribution in [0.25, 0.3) is 22.5 Å². The van der Waals surface area contributed by atoms with Crippen molar-refractivity contribution in [1.82, 2.24) is 18.8 Å². The van der Waals surface area contributed by atoms with Crippen LogP contribution in [0.4, 0.5) is 17.6 Å². The molecule has 0 radical (unpaired) electrons. The number of alkyl halides is 3. The van der Waals surface area contributed by atoms with Crippen LogP contribution in [-0.4, -0.2) is 47.3 Å². The minimum Gasteiger partial charge on any atom is -0.267 e. The van der Waals surface area contributed by atoms with Crippen molar-refractivity contribution in [3.05, 3.63) is 65.5 Å². The summed E-state index contributed by atoms with van der Waals surface area (Å²) in [7, 11) is -2.39. The third-order valence-electron chi connectivity index (χ3n) is 8.23. The molecule has 1 saturated heterocycles. The number of aryl methyl sites for hydroxylation is 1. The van der Waals surface area contributed by atoms with E-state index in [1.165, 1.54) is 12.1 Å². The lowest BCUT2D eigenvalue weighted by Crippen LogP contribution is -2.52. The van der Waals surface area contributed by atoms with E-state index in [4.69, 9.17) is 0 Å². The average molecular weight is 535 g/mol. The lowest BCUT2D eigenvalue weighted by atomic mass is 9.79. The van der Waals surface area contributed by atoms with E-state index in [-0.39, 0.29) is 24.2 Å². The SMILES string of the molecule is Cn1nc(-c2ccc3c(c2)C[C@H]2CC[C@H](C3)[C@]23CN(CC(F)(F)F)S(=O)(=O)N3)cc1-c1ccc(F)cc1. The van der Waals surface area contributed by atoms with E-state index in [0.29, 0.717) is 17.1 Å². The van der Waals surface area contributed by atoms with Gasteiger partial charge in [0.05, 0.1) is 16.9 Å². The molecule has 37 heavy (non-hydrogen) atoms. The second kappa shape index (κ2) is 8.37. The number of aromatic nitrogens is 2. The smallest absolute Gasteiger partial charge is 0.267 e. The lowest BCUT2D eigenvalue weighted by Gasteiger charge is -2.33. The Morgan fingerprint density at radius 2 is 1.65 bits per heavy atom. The number of rotatable bonds is 3. The molecule has 2 fully saturated rings. The van der Waals surface area contributed by atoms with Gasteiger partial charge in [-0.05, 0) is 90.6 Å². The first-order chi connectivity index (χ1) is 17.4. The number of fused-ring (bicyclic) bond motifs is 1. The van der Waals surface area contributed by atoms with Gasteiger partial charge in [0.25, 0.3) is 10.2 Å². The van der Waals surface area contributed by atoms with Crippen molar-refractivity contribution in [2.24, 2.45) is 18.9 Å². The van der Waals surface area contributed by atoms with E-state index in [0.717, 1.165) is 46.5 Å². The molecule has 0 unspecified atom stereocenters. The Hall–Kier alpha value is -2.76. The van der Waals surface area contributed by atoms with E-state index in [2.05, 4.69) is 15.9 Å². The van der Waals surface area contributed by atoms with Crippen molar-refractivity contribution in [3.8, 4) is 22.5 Å². The number of hydrogen-bond acceptors (Lipinski definition) is 3. The normalized spacial score (nSPS) is 26.9. The van der Waals surface area contributed by atoms with Crippen LogP contribution in [0.2, 0.25) is 0 Å². The quantitative estimate of drug-likeness (QED) is 0.505. The monoisotopic (exact) mass is 534 g/mol. The summed E-state index contributed by atoms with van der Waals surface area (Å²) in [6.07, 6.45) is -1.88. The van der Waals surface area contributed by atoms with E-state index in [1.807, 2.05) is 25.2 Å². The molecule has 2 aromatic carbocycles. The number of nitrogens with zero attached hydrogens (tertiary/aromatic N) is 3. The van der Waals surface area contributed by atoms with Crippen molar-refractivity contribution in [2.45, 2.75) is 37.4 Å². The first-order valence-corrected chi connectivity index (χ1v) is 13.7. The zero-order chi connectivity index (χ0) is 26.2. The number of hydrogen-bond donors (Lipinski definition) is 1. The summed E-state index contributed by atoms with van der Waals surface area (Å²) in [5.41, 5.74) is 4.61. The summed E-state index contributed by atoms with van der Waals surface area (Å²) in [4.78, 5) is 0. The highest BCUT2D eigenvalue weighted by molar-refractivity contribution is 7.87. The lowest BCUT2D eigenvalue weighted by molar-refractivity contribution is -0.136. The van der Waals surface area contributed by atoms with Gasteiger partial charge in [-0.1, -0.05) is 12.1 Å². The maximum Gasteiger partial charge on any atom is 0.402 e. The first kappa shape index (κ1) is 24.6. The molecule has 11 heteroatoms. The molecule has 1 aromatic heterocycles. The topological polar surface area (TPSA) is 67.2 Å². The van der Waals surface area contributed by atoms with E-state index < -0.39 is 28.5 Å². The Balaban J connectivity index is 1.31. The van der Waals surface area contributed by atoms with E-state index in [9.17, 15) is 26.0 Å². The van der Waals surface area contributed by atoms with Crippen LogP contribution in [0, 0.1) is 17.7 Å². The van der Waals surface area contributed by atoms with Crippen LogP contribution in [0.3, 0.4) is 0 Å². The summed E-state index contributed by atoms with van der Waals surface area (Å²) < 4.78 is 83.1. The van der Waals surface area contributed by atoms with Crippen LogP contribution < -0.4 is 4.72 Å². The van der Waals surface area contributed by atoms with E-state index >= 15 is 0 Å². The maximum absolute atomic E-state index is 13.4. The van der Waals surface area contributed by atoms with Gasteiger partial charge in [-0.25, -0.2) is 4.39 Å². The van der Waals surface area contributed by atoms with Gasteiger partial charge in [0.15, 0.2) is 0 Å². The molecule has 1 spiro atoms. The number of nitrogens with one attached hydrogen (secondary N) is 1. The fourth-order valence-corrected chi connectivity index (χ4v) is 8.21. The summed E-state index contributed by atoms with van der Waals surface area (Å²) >= 11 is 0. The molecule has 6 rings (SSSR count). The molecule has 6 nitrogen and oxygen atoms in total. The molecule has 196 valence electrons. The van der Waals surface area contributed by atoms with Crippen LogP contribution in [0.15, 0.2) is 48.5 Å². The number of halogens is 4. The van der Waals surface area contributed by atoms with Crippen LogP contribution in [0.5, 0.6) is 0 Å². The van der Waals surface area contributed by atoms with Crippen LogP contribution in [-0.2, 0) is 30.1 Å². The highest BCUT2D eigenvalue weighted by atomic mass is 32.2. The molecule has 3 aromatic rings. The zero-order valence-electron chi connectivity index (χ0n) is 20.1. The summed E-state index contributed by atoms with van der Waals surface area (Å²) in [6, 6.07) is 14.2. The molecule has 3 atom stereocenters. The summed E-state index contributed by atoms with van der Waals surface area (Å²) in [5, 5.41) is 4.65. The molecule has 2 bridgehead atoms. The largest absolute Gasteiger partial charge is 0.402 e. The Morgan fingerprint density at radius 1 is 1.00 bits per heavy atom. The van der Waals surface area contributed by atoms with Gasteiger partial charge >= 0.3 is 6.18 Å². The van der Waals surface area contributed by atoms with Crippen LogP contribution >= 0.6 is 0 Å². The van der Waals surface area contributed by atoms with E-state index in [1.54, 1.807) is 16.8 Å². The second-order valence-corrected chi connectivity index (χ2v) is 12.1. The minimum atomic E-state index is -4.60. The predicted octanol–water partition coefficient (Wildman–Crippen LogP) is 4.47. The third-order valence-corrected chi connectivity index (χ3v) is 9.80. The summed E-state index contributed by atoms with van der Waals surface area (Å²) in [6.45, 7) is -1.64. The fourth-order valence-electron chi connectivity index (χ4n) is 6.50. The Morgan fingerprint density at radius 3 is 2.32 bits per heavy atom. The van der Waals surface area contributed by atoms with Crippen molar-refractivity contribution in [3.63, 3.8) is 0 Å². The molecule has 3 aliphatic rings. The van der Waals surface area contributed by atoms with Crippen LogP contribution in [0.1, 0.15) is 24.0 Å². The molecule has 1 aliphatic heterocycles. The zero-order valence-corrected chi connectivity index (χ0v) is 20.9.